The van der Waals surface area contributed by atoms with Crippen molar-refractivity contribution >= 4 is 0 Å². The first-order valence-corrected chi connectivity index (χ1v) is 3.98. The molecule has 1 atom stereocenters. The van der Waals surface area contributed by atoms with Crippen molar-refractivity contribution in [3.8, 4) is 0 Å². The molecule has 10 heavy (non-hydrogen) atoms. The van der Waals surface area contributed by atoms with Crippen LogP contribution in [0.3, 0.4) is 0 Å². The highest BCUT2D eigenvalue weighted by Gasteiger charge is 2.49. The molecule has 2 bridgehead atoms. The number of aliphatic hydroxyl groups excluding tert-OH is 1. The van der Waals surface area contributed by atoms with Gasteiger partial charge in [0.05, 0.1) is 12.2 Å². The third-order valence-corrected chi connectivity index (χ3v) is 2.94. The van der Waals surface area contributed by atoms with Crippen LogP contribution in [0, 0.1) is 11.8 Å². The van der Waals surface area contributed by atoms with Crippen LogP contribution in [0.1, 0.15) is 19.8 Å². The Morgan fingerprint density at radius 1 is 1.60 bits per heavy atom. The van der Waals surface area contributed by atoms with E-state index < -0.39 is 0 Å². The summed E-state index contributed by atoms with van der Waals surface area (Å²) in [7, 11) is 0. The van der Waals surface area contributed by atoms with E-state index in [2.05, 4.69) is 6.92 Å². The van der Waals surface area contributed by atoms with Gasteiger partial charge in [-0.15, -0.1) is 0 Å². The lowest BCUT2D eigenvalue weighted by Crippen LogP contribution is -2.54. The van der Waals surface area contributed by atoms with Gasteiger partial charge in [0.15, 0.2) is 0 Å². The van der Waals surface area contributed by atoms with Crippen LogP contribution in [0.25, 0.3) is 0 Å². The van der Waals surface area contributed by atoms with Crippen molar-refractivity contribution in [1.29, 1.82) is 0 Å². The van der Waals surface area contributed by atoms with Crippen LogP contribution in [0.15, 0.2) is 0 Å². The molecule has 58 valence electrons. The van der Waals surface area contributed by atoms with Crippen molar-refractivity contribution < 1.29 is 9.84 Å². The predicted octanol–water partition coefficient (Wildman–Crippen LogP) is 0.794. The smallest absolute Gasteiger partial charge is 0.0660 e. The van der Waals surface area contributed by atoms with Gasteiger partial charge in [-0.2, -0.15) is 0 Å². The Kier molecular flexibility index (Phi) is 1.29. The zero-order chi connectivity index (χ0) is 7.19. The van der Waals surface area contributed by atoms with Gasteiger partial charge in [0.2, 0.25) is 0 Å². The molecule has 3 rings (SSSR count). The topological polar surface area (TPSA) is 29.5 Å². The second-order valence-corrected chi connectivity index (χ2v) is 3.87. The molecule has 0 spiro atoms. The summed E-state index contributed by atoms with van der Waals surface area (Å²) >= 11 is 0. The summed E-state index contributed by atoms with van der Waals surface area (Å²) in [6.07, 6.45) is 2.33. The van der Waals surface area contributed by atoms with Crippen molar-refractivity contribution in [2.75, 3.05) is 13.2 Å². The van der Waals surface area contributed by atoms with Crippen molar-refractivity contribution in [1.82, 2.24) is 0 Å². The largest absolute Gasteiger partial charge is 0.396 e. The Labute approximate surface area is 61.2 Å². The van der Waals surface area contributed by atoms with E-state index in [4.69, 9.17) is 9.84 Å². The normalized spacial score (nSPS) is 52.2. The highest BCUT2D eigenvalue weighted by molar-refractivity contribution is 4.98. The second kappa shape index (κ2) is 1.95. The van der Waals surface area contributed by atoms with Crippen molar-refractivity contribution in [3.63, 3.8) is 0 Å². The molecule has 3 aliphatic rings. The predicted molar refractivity (Wildman–Crippen MR) is 37.7 cm³/mol. The van der Waals surface area contributed by atoms with E-state index in [-0.39, 0.29) is 5.60 Å². The monoisotopic (exact) mass is 142 g/mol. The van der Waals surface area contributed by atoms with E-state index in [1.165, 1.54) is 0 Å². The average molecular weight is 142 g/mol. The summed E-state index contributed by atoms with van der Waals surface area (Å²) in [5, 5.41) is 8.89. The molecule has 2 heteroatoms. The molecule has 2 saturated heterocycles. The average Bonchev–Trinajstić information content (AvgIpc) is 1.86. The number of fused-ring (bicyclic) bond motifs is 2. The molecule has 0 aromatic rings. The van der Waals surface area contributed by atoms with Gasteiger partial charge in [-0.05, 0) is 25.7 Å². The Morgan fingerprint density at radius 3 is 2.70 bits per heavy atom. The van der Waals surface area contributed by atoms with E-state index in [0.717, 1.165) is 25.4 Å². The summed E-state index contributed by atoms with van der Waals surface area (Å²) in [5.41, 5.74) is 0.191. The van der Waals surface area contributed by atoms with Gasteiger partial charge in [0.1, 0.15) is 0 Å². The lowest BCUT2D eigenvalue weighted by molar-refractivity contribution is -0.202. The third kappa shape index (κ3) is 0.789. The van der Waals surface area contributed by atoms with E-state index in [1.807, 2.05) is 0 Å². The van der Waals surface area contributed by atoms with E-state index >= 15 is 0 Å². The Balaban J connectivity index is 1.98. The minimum atomic E-state index is 0.191. The SMILES string of the molecule is CC12CC(C1)C(CO)CO2. The Bertz CT molecular complexity index is 133. The zero-order valence-electron chi connectivity index (χ0n) is 6.34. The lowest BCUT2D eigenvalue weighted by Gasteiger charge is -2.53. The maximum absolute atomic E-state index is 8.89. The first kappa shape index (κ1) is 6.62. The molecular formula is C8H14O2. The van der Waals surface area contributed by atoms with Gasteiger partial charge >= 0.3 is 0 Å². The zero-order valence-corrected chi connectivity index (χ0v) is 6.34. The number of rotatable bonds is 1. The van der Waals surface area contributed by atoms with Crippen molar-refractivity contribution in [3.05, 3.63) is 0 Å². The molecule has 0 aromatic heterocycles. The maximum Gasteiger partial charge on any atom is 0.0660 e. The fourth-order valence-electron chi connectivity index (χ4n) is 2.15. The molecule has 0 radical (unpaired) electrons. The second-order valence-electron chi connectivity index (χ2n) is 3.87. The van der Waals surface area contributed by atoms with Gasteiger partial charge in [-0.3, -0.25) is 0 Å². The quantitative estimate of drug-likeness (QED) is 0.586. The first-order chi connectivity index (χ1) is 4.73. The fraction of sp³-hybridized carbons (Fsp3) is 1.00. The summed E-state index contributed by atoms with van der Waals surface area (Å²) in [6.45, 7) is 3.25. The fourth-order valence-corrected chi connectivity index (χ4v) is 2.15. The molecule has 3 fully saturated rings. The van der Waals surface area contributed by atoms with Gasteiger partial charge in [0, 0.05) is 12.5 Å². The lowest BCUT2D eigenvalue weighted by atomic mass is 9.64. The van der Waals surface area contributed by atoms with Gasteiger partial charge in [-0.1, -0.05) is 0 Å². The van der Waals surface area contributed by atoms with Crippen molar-refractivity contribution in [2.24, 2.45) is 11.8 Å². The third-order valence-electron chi connectivity index (χ3n) is 2.94. The molecule has 1 aliphatic carbocycles. The first-order valence-electron chi connectivity index (χ1n) is 3.98. The Hall–Kier alpha value is -0.0800. The number of hydrogen-bond donors (Lipinski definition) is 1. The summed E-state index contributed by atoms with van der Waals surface area (Å²) < 4.78 is 5.57. The van der Waals surface area contributed by atoms with Crippen LogP contribution >= 0.6 is 0 Å². The van der Waals surface area contributed by atoms with Crippen LogP contribution in [0.5, 0.6) is 0 Å². The molecule has 1 saturated carbocycles. The van der Waals surface area contributed by atoms with Crippen LogP contribution in [-0.2, 0) is 4.74 Å². The molecule has 2 aliphatic heterocycles. The van der Waals surface area contributed by atoms with Gasteiger partial charge < -0.3 is 9.84 Å². The Morgan fingerprint density at radius 2 is 2.30 bits per heavy atom. The molecule has 2 heterocycles. The number of aliphatic hydroxyl groups is 1. The van der Waals surface area contributed by atoms with Crippen molar-refractivity contribution in [2.45, 2.75) is 25.4 Å². The van der Waals surface area contributed by atoms with Crippen LogP contribution < -0.4 is 0 Å². The summed E-state index contributed by atoms with van der Waals surface area (Å²) in [4.78, 5) is 0. The van der Waals surface area contributed by atoms with Crippen LogP contribution in [0.2, 0.25) is 0 Å². The minimum absolute atomic E-state index is 0.191. The maximum atomic E-state index is 8.89. The molecular weight excluding hydrogens is 128 g/mol. The van der Waals surface area contributed by atoms with Crippen LogP contribution in [-0.4, -0.2) is 23.9 Å². The van der Waals surface area contributed by atoms with E-state index in [0.29, 0.717) is 12.5 Å². The molecule has 1 unspecified atom stereocenters. The standard InChI is InChI=1S/C8H14O2/c1-8-2-6(3-8)7(4-9)5-10-8/h6-7,9H,2-5H2,1H3. The molecule has 0 aromatic carbocycles. The highest BCUT2D eigenvalue weighted by atomic mass is 16.5. The summed E-state index contributed by atoms with van der Waals surface area (Å²) in [5.74, 6) is 1.19. The molecule has 0 amide bonds. The van der Waals surface area contributed by atoms with Gasteiger partial charge in [0.25, 0.3) is 0 Å². The van der Waals surface area contributed by atoms with E-state index in [9.17, 15) is 0 Å². The van der Waals surface area contributed by atoms with E-state index in [1.54, 1.807) is 0 Å². The number of hydrogen-bond acceptors (Lipinski definition) is 2. The molecule has 2 nitrogen and oxygen atoms in total. The number of ether oxygens (including phenoxy) is 1. The molecule has 1 N–H and O–H groups in total. The minimum Gasteiger partial charge on any atom is -0.396 e. The summed E-state index contributed by atoms with van der Waals surface area (Å²) in [6, 6.07) is 0. The van der Waals surface area contributed by atoms with Crippen LogP contribution in [0.4, 0.5) is 0 Å². The highest BCUT2D eigenvalue weighted by Crippen LogP contribution is 2.48. The van der Waals surface area contributed by atoms with Gasteiger partial charge in [-0.25, -0.2) is 0 Å².